The Kier molecular flexibility index (Phi) is 3.91. The van der Waals surface area contributed by atoms with E-state index in [0.29, 0.717) is 17.8 Å². The summed E-state index contributed by atoms with van der Waals surface area (Å²) in [5.41, 5.74) is 2.97. The van der Waals surface area contributed by atoms with Gasteiger partial charge in [-0.1, -0.05) is 13.8 Å². The maximum Gasteiger partial charge on any atom is 0.160 e. The number of aryl methyl sites for hydroxylation is 2. The van der Waals surface area contributed by atoms with Crippen molar-refractivity contribution in [1.82, 2.24) is 14.5 Å². The lowest BCUT2D eigenvalue weighted by atomic mass is 10.1. The van der Waals surface area contributed by atoms with Crippen LogP contribution in [0.15, 0.2) is 12.1 Å². The number of hydrogen-bond donors (Lipinski definition) is 0. The molecule has 0 radical (unpaired) electrons. The molecule has 0 saturated carbocycles. The second kappa shape index (κ2) is 5.27. The minimum absolute atomic E-state index is 0.377. The molecule has 4 heteroatoms. The Bertz CT molecular complexity index is 545. The number of hydrogen-bond acceptors (Lipinski definition) is 2. The van der Waals surface area contributed by atoms with Crippen LogP contribution in [0.5, 0.6) is 0 Å². The van der Waals surface area contributed by atoms with Crippen molar-refractivity contribution in [2.75, 3.05) is 5.88 Å². The molecule has 0 N–H and O–H groups in total. The maximum absolute atomic E-state index is 5.88. The van der Waals surface area contributed by atoms with Gasteiger partial charge in [-0.2, -0.15) is 0 Å². The summed E-state index contributed by atoms with van der Waals surface area (Å²) in [5, 5.41) is 0. The van der Waals surface area contributed by atoms with Crippen molar-refractivity contribution in [2.24, 2.45) is 5.92 Å². The molecule has 18 heavy (non-hydrogen) atoms. The van der Waals surface area contributed by atoms with E-state index >= 15 is 0 Å². The van der Waals surface area contributed by atoms with E-state index in [2.05, 4.69) is 35.3 Å². The third-order valence-electron chi connectivity index (χ3n) is 3.44. The van der Waals surface area contributed by atoms with E-state index in [1.807, 2.05) is 19.1 Å². The molecule has 0 aromatic carbocycles. The van der Waals surface area contributed by atoms with E-state index < -0.39 is 0 Å². The van der Waals surface area contributed by atoms with Gasteiger partial charge < -0.3 is 4.57 Å². The van der Waals surface area contributed by atoms with E-state index in [0.717, 1.165) is 29.1 Å². The lowest BCUT2D eigenvalue weighted by molar-refractivity contribution is 0.405. The molecule has 1 atom stereocenters. The summed E-state index contributed by atoms with van der Waals surface area (Å²) in [5.74, 6) is 2.17. The molecule has 0 bridgehead atoms. The van der Waals surface area contributed by atoms with Crippen LogP contribution in [0.4, 0.5) is 0 Å². The van der Waals surface area contributed by atoms with Crippen molar-refractivity contribution in [3.8, 4) is 0 Å². The van der Waals surface area contributed by atoms with Crippen molar-refractivity contribution in [1.29, 1.82) is 0 Å². The van der Waals surface area contributed by atoms with Crippen LogP contribution in [0.25, 0.3) is 11.2 Å². The summed E-state index contributed by atoms with van der Waals surface area (Å²) < 4.78 is 2.25. The van der Waals surface area contributed by atoms with Crippen LogP contribution in [0, 0.1) is 12.8 Å². The number of aromatic nitrogens is 3. The van der Waals surface area contributed by atoms with Crippen LogP contribution >= 0.6 is 11.6 Å². The average molecular weight is 266 g/mol. The Morgan fingerprint density at radius 3 is 2.56 bits per heavy atom. The first-order chi connectivity index (χ1) is 8.54. The fourth-order valence-corrected chi connectivity index (χ4v) is 2.27. The second-order valence-electron chi connectivity index (χ2n) is 5.12. The number of imidazole rings is 1. The molecule has 2 aromatic heterocycles. The molecule has 0 fully saturated rings. The Balaban J connectivity index is 2.64. The quantitative estimate of drug-likeness (QED) is 0.789. The van der Waals surface area contributed by atoms with E-state index in [1.54, 1.807) is 0 Å². The standard InChI is InChI=1S/C14H20ClN3/c1-9(2)11(4)18-13(7-8-15)17-12-6-5-10(3)16-14(12)18/h5-6,9,11H,7-8H2,1-4H3. The molecular weight excluding hydrogens is 246 g/mol. The minimum Gasteiger partial charge on any atom is -0.310 e. The van der Waals surface area contributed by atoms with Crippen LogP contribution in [0.2, 0.25) is 0 Å². The number of halogens is 1. The van der Waals surface area contributed by atoms with Crippen molar-refractivity contribution in [3.63, 3.8) is 0 Å². The summed E-state index contributed by atoms with van der Waals surface area (Å²) in [7, 11) is 0. The Hall–Kier alpha value is -1.09. The second-order valence-corrected chi connectivity index (χ2v) is 5.49. The number of nitrogens with zero attached hydrogens (tertiary/aromatic N) is 3. The van der Waals surface area contributed by atoms with Gasteiger partial charge in [-0.15, -0.1) is 11.6 Å². The SMILES string of the molecule is Cc1ccc2nc(CCCl)n(C(C)C(C)C)c2n1. The largest absolute Gasteiger partial charge is 0.310 e. The lowest BCUT2D eigenvalue weighted by Gasteiger charge is -2.20. The molecule has 0 saturated heterocycles. The summed E-state index contributed by atoms with van der Waals surface area (Å²) in [4.78, 5) is 9.30. The number of alkyl halides is 1. The highest BCUT2D eigenvalue weighted by Gasteiger charge is 2.18. The Morgan fingerprint density at radius 2 is 1.94 bits per heavy atom. The first-order valence-corrected chi connectivity index (χ1v) is 6.98. The monoisotopic (exact) mass is 265 g/mol. The van der Waals surface area contributed by atoms with Gasteiger partial charge in [0.1, 0.15) is 11.3 Å². The van der Waals surface area contributed by atoms with E-state index in [9.17, 15) is 0 Å². The van der Waals surface area contributed by atoms with Gasteiger partial charge in [0.15, 0.2) is 5.65 Å². The van der Waals surface area contributed by atoms with Crippen LogP contribution in [0.1, 0.15) is 38.3 Å². The van der Waals surface area contributed by atoms with Gasteiger partial charge in [-0.05, 0) is 31.9 Å². The highest BCUT2D eigenvalue weighted by molar-refractivity contribution is 6.17. The molecule has 1 unspecified atom stereocenters. The zero-order chi connectivity index (χ0) is 13.3. The molecule has 0 amide bonds. The predicted molar refractivity (Wildman–Crippen MR) is 76.2 cm³/mol. The van der Waals surface area contributed by atoms with Crippen molar-refractivity contribution >= 4 is 22.8 Å². The Morgan fingerprint density at radius 1 is 1.22 bits per heavy atom. The average Bonchev–Trinajstić information content (AvgIpc) is 2.66. The molecule has 0 aliphatic rings. The number of fused-ring (bicyclic) bond motifs is 1. The molecule has 2 rings (SSSR count). The molecule has 98 valence electrons. The first kappa shape index (κ1) is 13.3. The lowest BCUT2D eigenvalue weighted by Crippen LogP contribution is -2.15. The van der Waals surface area contributed by atoms with Gasteiger partial charge in [0.2, 0.25) is 0 Å². The highest BCUT2D eigenvalue weighted by atomic mass is 35.5. The number of rotatable bonds is 4. The fraction of sp³-hybridized carbons (Fsp3) is 0.571. The summed E-state index contributed by atoms with van der Waals surface area (Å²) in [6, 6.07) is 4.42. The normalized spacial score (nSPS) is 13.4. The molecule has 2 aromatic rings. The summed E-state index contributed by atoms with van der Waals surface area (Å²) >= 11 is 5.88. The summed E-state index contributed by atoms with van der Waals surface area (Å²) in [6.07, 6.45) is 0.786. The molecule has 2 heterocycles. The molecule has 0 spiro atoms. The van der Waals surface area contributed by atoms with Gasteiger partial charge in [-0.3, -0.25) is 0 Å². The number of pyridine rings is 1. The zero-order valence-electron chi connectivity index (χ0n) is 11.4. The highest BCUT2D eigenvalue weighted by Crippen LogP contribution is 2.25. The van der Waals surface area contributed by atoms with Gasteiger partial charge in [-0.25, -0.2) is 9.97 Å². The smallest absolute Gasteiger partial charge is 0.160 e. The first-order valence-electron chi connectivity index (χ1n) is 6.45. The van der Waals surface area contributed by atoms with Crippen LogP contribution < -0.4 is 0 Å². The Labute approximate surface area is 113 Å². The van der Waals surface area contributed by atoms with E-state index in [-0.39, 0.29) is 0 Å². The molecule has 3 nitrogen and oxygen atoms in total. The minimum atomic E-state index is 0.377. The molecule has 0 aliphatic carbocycles. The fourth-order valence-electron chi connectivity index (χ4n) is 2.10. The van der Waals surface area contributed by atoms with Crippen molar-refractivity contribution in [2.45, 2.75) is 40.2 Å². The van der Waals surface area contributed by atoms with E-state index in [4.69, 9.17) is 11.6 Å². The van der Waals surface area contributed by atoms with Gasteiger partial charge in [0.25, 0.3) is 0 Å². The third-order valence-corrected chi connectivity index (χ3v) is 3.63. The van der Waals surface area contributed by atoms with Gasteiger partial charge in [0, 0.05) is 24.0 Å². The topological polar surface area (TPSA) is 30.7 Å². The third kappa shape index (κ3) is 2.37. The van der Waals surface area contributed by atoms with Crippen LogP contribution in [-0.4, -0.2) is 20.4 Å². The van der Waals surface area contributed by atoms with Gasteiger partial charge in [0.05, 0.1) is 0 Å². The maximum atomic E-state index is 5.88. The predicted octanol–water partition coefficient (Wildman–Crippen LogP) is 3.74. The van der Waals surface area contributed by atoms with Crippen molar-refractivity contribution < 1.29 is 0 Å². The zero-order valence-corrected chi connectivity index (χ0v) is 12.2. The molecule has 0 aliphatic heterocycles. The van der Waals surface area contributed by atoms with Crippen LogP contribution in [0.3, 0.4) is 0 Å². The van der Waals surface area contributed by atoms with E-state index in [1.165, 1.54) is 0 Å². The van der Waals surface area contributed by atoms with Crippen molar-refractivity contribution in [3.05, 3.63) is 23.7 Å². The molecular formula is C14H20ClN3. The van der Waals surface area contributed by atoms with Gasteiger partial charge >= 0.3 is 0 Å². The summed E-state index contributed by atoms with van der Waals surface area (Å²) in [6.45, 7) is 8.67. The van der Waals surface area contributed by atoms with Crippen LogP contribution in [-0.2, 0) is 6.42 Å².